The second-order valence-electron chi connectivity index (χ2n) is 4.84. The van der Waals surface area contributed by atoms with Gasteiger partial charge in [0, 0.05) is 29.6 Å². The van der Waals surface area contributed by atoms with E-state index in [0.29, 0.717) is 24.2 Å². The summed E-state index contributed by atoms with van der Waals surface area (Å²) in [5.74, 6) is 5.32. The minimum Gasteiger partial charge on any atom is -0.320 e. The Morgan fingerprint density at radius 2 is 2.19 bits per heavy atom. The molecule has 1 aromatic carbocycles. The maximum absolute atomic E-state index is 14.0. The molecule has 0 saturated carbocycles. The molecule has 1 heterocycles. The van der Waals surface area contributed by atoms with Gasteiger partial charge in [0.05, 0.1) is 17.2 Å². The van der Waals surface area contributed by atoms with Crippen molar-refractivity contribution in [3.05, 3.63) is 51.2 Å². The standard InChI is InChI=1S/C16H18FN3S/c1-12-19-15(11-21-12)10-20(2)9-14-6-5-13(4-3-7-18)8-16(14)17/h5-6,8,11H,7,9-10,18H2,1-2H3. The van der Waals surface area contributed by atoms with Gasteiger partial charge in [-0.2, -0.15) is 0 Å². The van der Waals surface area contributed by atoms with E-state index in [-0.39, 0.29) is 12.4 Å². The minimum absolute atomic E-state index is 0.236. The molecular weight excluding hydrogens is 285 g/mol. The molecule has 2 rings (SSSR count). The molecule has 1 aromatic heterocycles. The average molecular weight is 303 g/mol. The van der Waals surface area contributed by atoms with Gasteiger partial charge in [-0.1, -0.05) is 17.9 Å². The van der Waals surface area contributed by atoms with E-state index in [1.165, 1.54) is 6.07 Å². The van der Waals surface area contributed by atoms with Gasteiger partial charge in [0.25, 0.3) is 0 Å². The zero-order chi connectivity index (χ0) is 15.2. The van der Waals surface area contributed by atoms with Gasteiger partial charge in [0.15, 0.2) is 0 Å². The molecule has 2 aromatic rings. The highest BCUT2D eigenvalue weighted by atomic mass is 32.1. The Bertz CT molecular complexity index is 670. The van der Waals surface area contributed by atoms with Crippen LogP contribution in [0.3, 0.4) is 0 Å². The summed E-state index contributed by atoms with van der Waals surface area (Å²) in [4.78, 5) is 6.46. The lowest BCUT2D eigenvalue weighted by molar-refractivity contribution is 0.310. The summed E-state index contributed by atoms with van der Waals surface area (Å²) in [6.45, 7) is 3.50. The van der Waals surface area contributed by atoms with Gasteiger partial charge in [0.1, 0.15) is 5.82 Å². The molecule has 0 bridgehead atoms. The first-order chi connectivity index (χ1) is 10.1. The first-order valence-corrected chi connectivity index (χ1v) is 7.53. The number of thiazole rings is 1. The van der Waals surface area contributed by atoms with Crippen molar-refractivity contribution in [2.75, 3.05) is 13.6 Å². The molecule has 5 heteroatoms. The zero-order valence-corrected chi connectivity index (χ0v) is 13.0. The van der Waals surface area contributed by atoms with Crippen LogP contribution in [0.5, 0.6) is 0 Å². The van der Waals surface area contributed by atoms with Gasteiger partial charge in [0.2, 0.25) is 0 Å². The molecule has 0 spiro atoms. The molecule has 0 aliphatic heterocycles. The van der Waals surface area contributed by atoms with Gasteiger partial charge in [-0.15, -0.1) is 11.3 Å². The number of halogens is 1. The quantitative estimate of drug-likeness (QED) is 0.883. The molecule has 0 aliphatic rings. The van der Waals surface area contributed by atoms with Gasteiger partial charge < -0.3 is 5.73 Å². The van der Waals surface area contributed by atoms with Crippen molar-refractivity contribution < 1.29 is 4.39 Å². The fourth-order valence-corrected chi connectivity index (χ4v) is 2.61. The first-order valence-electron chi connectivity index (χ1n) is 6.65. The van der Waals surface area contributed by atoms with Gasteiger partial charge in [-0.25, -0.2) is 9.37 Å². The number of nitrogens with zero attached hydrogens (tertiary/aromatic N) is 2. The van der Waals surface area contributed by atoms with Gasteiger partial charge in [-0.3, -0.25) is 4.90 Å². The van der Waals surface area contributed by atoms with Crippen LogP contribution in [0.15, 0.2) is 23.6 Å². The van der Waals surface area contributed by atoms with Crippen LogP contribution in [0.4, 0.5) is 4.39 Å². The summed E-state index contributed by atoms with van der Waals surface area (Å²) < 4.78 is 14.0. The van der Waals surface area contributed by atoms with Crippen LogP contribution in [-0.2, 0) is 13.1 Å². The van der Waals surface area contributed by atoms with Gasteiger partial charge >= 0.3 is 0 Å². The van der Waals surface area contributed by atoms with E-state index in [4.69, 9.17) is 5.73 Å². The highest BCUT2D eigenvalue weighted by Gasteiger charge is 2.08. The number of hydrogen-bond acceptors (Lipinski definition) is 4. The van der Waals surface area contributed by atoms with E-state index in [1.54, 1.807) is 17.4 Å². The second-order valence-corrected chi connectivity index (χ2v) is 5.90. The Balaban J connectivity index is 2.02. The predicted molar refractivity (Wildman–Crippen MR) is 84.4 cm³/mol. The molecule has 110 valence electrons. The van der Waals surface area contributed by atoms with Gasteiger partial charge in [-0.05, 0) is 26.1 Å². The lowest BCUT2D eigenvalue weighted by Gasteiger charge is -2.16. The number of aromatic nitrogens is 1. The van der Waals surface area contributed by atoms with Crippen molar-refractivity contribution in [1.29, 1.82) is 0 Å². The lowest BCUT2D eigenvalue weighted by atomic mass is 10.1. The van der Waals surface area contributed by atoms with Crippen LogP contribution in [0.25, 0.3) is 0 Å². The highest BCUT2D eigenvalue weighted by Crippen LogP contribution is 2.15. The van der Waals surface area contributed by atoms with E-state index in [2.05, 4.69) is 16.8 Å². The second kappa shape index (κ2) is 7.32. The summed E-state index contributed by atoms with van der Waals surface area (Å²) in [6, 6.07) is 5.05. The van der Waals surface area contributed by atoms with Crippen LogP contribution in [0.2, 0.25) is 0 Å². The summed E-state index contributed by atoms with van der Waals surface area (Å²) in [5, 5.41) is 3.08. The summed E-state index contributed by atoms with van der Waals surface area (Å²) in [7, 11) is 1.95. The van der Waals surface area contributed by atoms with Crippen molar-refractivity contribution in [3.8, 4) is 11.8 Å². The Morgan fingerprint density at radius 1 is 1.38 bits per heavy atom. The predicted octanol–water partition coefficient (Wildman–Crippen LogP) is 2.53. The third kappa shape index (κ3) is 4.64. The largest absolute Gasteiger partial charge is 0.320 e. The Labute approximate surface area is 128 Å². The Kier molecular flexibility index (Phi) is 5.45. The molecule has 3 nitrogen and oxygen atoms in total. The SMILES string of the molecule is Cc1nc(CN(C)Cc2ccc(C#CCN)cc2F)cs1. The van der Waals surface area contributed by atoms with E-state index in [0.717, 1.165) is 10.7 Å². The zero-order valence-electron chi connectivity index (χ0n) is 12.2. The van der Waals surface area contributed by atoms with Crippen molar-refractivity contribution in [2.45, 2.75) is 20.0 Å². The number of aryl methyl sites for hydroxylation is 1. The molecule has 21 heavy (non-hydrogen) atoms. The van der Waals surface area contributed by atoms with E-state index in [9.17, 15) is 4.39 Å². The van der Waals surface area contributed by atoms with Crippen LogP contribution >= 0.6 is 11.3 Å². The minimum atomic E-state index is -0.236. The van der Waals surface area contributed by atoms with Crippen molar-refractivity contribution in [2.24, 2.45) is 5.73 Å². The van der Waals surface area contributed by atoms with Crippen LogP contribution in [-0.4, -0.2) is 23.5 Å². The van der Waals surface area contributed by atoms with Crippen molar-refractivity contribution in [3.63, 3.8) is 0 Å². The molecule has 0 fully saturated rings. The molecule has 0 aliphatic carbocycles. The summed E-state index contributed by atoms with van der Waals surface area (Å²) in [6.07, 6.45) is 0. The third-order valence-electron chi connectivity index (χ3n) is 2.93. The van der Waals surface area contributed by atoms with E-state index < -0.39 is 0 Å². The molecule has 0 amide bonds. The molecular formula is C16H18FN3S. The van der Waals surface area contributed by atoms with Crippen LogP contribution in [0, 0.1) is 24.6 Å². The Morgan fingerprint density at radius 3 is 2.81 bits per heavy atom. The molecule has 2 N–H and O–H groups in total. The first kappa shape index (κ1) is 15.6. The summed E-state index contributed by atoms with van der Waals surface area (Å²) >= 11 is 1.63. The molecule has 0 radical (unpaired) electrons. The topological polar surface area (TPSA) is 42.2 Å². The molecule has 0 atom stereocenters. The lowest BCUT2D eigenvalue weighted by Crippen LogP contribution is -2.18. The normalized spacial score (nSPS) is 10.5. The monoisotopic (exact) mass is 303 g/mol. The fraction of sp³-hybridized carbons (Fsp3) is 0.312. The highest BCUT2D eigenvalue weighted by molar-refractivity contribution is 7.09. The number of nitrogens with two attached hydrogens (primary N) is 1. The van der Waals surface area contributed by atoms with Crippen LogP contribution < -0.4 is 5.73 Å². The van der Waals surface area contributed by atoms with Crippen molar-refractivity contribution >= 4 is 11.3 Å². The number of hydrogen-bond donors (Lipinski definition) is 1. The smallest absolute Gasteiger partial charge is 0.128 e. The summed E-state index contributed by atoms with van der Waals surface area (Å²) in [5.41, 5.74) is 7.63. The maximum Gasteiger partial charge on any atom is 0.128 e. The number of rotatable bonds is 4. The van der Waals surface area contributed by atoms with Crippen LogP contribution in [0.1, 0.15) is 21.8 Å². The number of benzene rings is 1. The van der Waals surface area contributed by atoms with E-state index >= 15 is 0 Å². The molecule has 0 saturated heterocycles. The third-order valence-corrected chi connectivity index (χ3v) is 3.75. The fourth-order valence-electron chi connectivity index (χ4n) is 2.01. The molecule has 0 unspecified atom stereocenters. The Hall–Kier alpha value is -1.74. The average Bonchev–Trinajstić information content (AvgIpc) is 2.84. The maximum atomic E-state index is 14.0. The van der Waals surface area contributed by atoms with E-state index in [1.807, 2.05) is 30.3 Å². The van der Waals surface area contributed by atoms with Crippen molar-refractivity contribution in [1.82, 2.24) is 9.88 Å².